The molecule has 0 aliphatic carbocycles. The van der Waals surface area contributed by atoms with Crippen LogP contribution in [0.5, 0.6) is 0 Å². The first kappa shape index (κ1) is 14.0. The number of hydrogen-bond acceptors (Lipinski definition) is 5. The molecule has 1 aromatic heterocycles. The van der Waals surface area contributed by atoms with Gasteiger partial charge < -0.3 is 20.5 Å². The van der Waals surface area contributed by atoms with E-state index < -0.39 is 0 Å². The molecule has 0 amide bonds. The average molecular weight is 265 g/mol. The van der Waals surface area contributed by atoms with Gasteiger partial charge in [-0.05, 0) is 38.9 Å². The summed E-state index contributed by atoms with van der Waals surface area (Å²) in [5.41, 5.74) is 5.43. The first-order valence-electron chi connectivity index (χ1n) is 7.01. The van der Waals surface area contributed by atoms with Crippen molar-refractivity contribution in [2.24, 2.45) is 5.73 Å². The fraction of sp³-hybridized carbons (Fsp3) is 0.692. The molecule has 0 aromatic carbocycles. The third-order valence-corrected chi connectivity index (χ3v) is 3.50. The first-order chi connectivity index (χ1) is 9.29. The Morgan fingerprint density at radius 1 is 1.26 bits per heavy atom. The molecule has 2 heterocycles. The van der Waals surface area contributed by atoms with Crippen LogP contribution < -0.4 is 16.2 Å². The van der Waals surface area contributed by atoms with Gasteiger partial charge in [-0.1, -0.05) is 0 Å². The summed E-state index contributed by atoms with van der Waals surface area (Å²) in [5.74, 6) is 0.785. The minimum atomic E-state index is -0.0888. The highest BCUT2D eigenvalue weighted by Gasteiger charge is 2.15. The van der Waals surface area contributed by atoms with Crippen LogP contribution in [0.3, 0.4) is 0 Å². The lowest BCUT2D eigenvalue weighted by Crippen LogP contribution is -2.32. The molecule has 0 saturated carbocycles. The number of aromatic amines is 1. The Kier molecular flexibility index (Phi) is 5.35. The van der Waals surface area contributed by atoms with Gasteiger partial charge >= 0.3 is 0 Å². The van der Waals surface area contributed by atoms with E-state index in [9.17, 15) is 4.79 Å². The number of unbranched alkanes of at least 4 members (excludes halogenated alkanes) is 1. The Balaban J connectivity index is 1.88. The number of nitrogens with zero attached hydrogens (tertiary/aromatic N) is 3. The summed E-state index contributed by atoms with van der Waals surface area (Å²) >= 11 is 0. The third-order valence-electron chi connectivity index (χ3n) is 3.50. The Bertz CT molecular complexity index is 433. The first-order valence-corrected chi connectivity index (χ1v) is 7.01. The zero-order chi connectivity index (χ0) is 13.5. The van der Waals surface area contributed by atoms with E-state index in [-0.39, 0.29) is 5.56 Å². The average Bonchev–Trinajstić information content (AvgIpc) is 2.65. The van der Waals surface area contributed by atoms with Gasteiger partial charge in [0.15, 0.2) is 0 Å². The lowest BCUT2D eigenvalue weighted by molar-refractivity contribution is 0.288. The molecule has 0 bridgehead atoms. The highest BCUT2D eigenvalue weighted by atomic mass is 16.1. The van der Waals surface area contributed by atoms with E-state index in [2.05, 4.69) is 19.8 Å². The minimum Gasteiger partial charge on any atom is -0.355 e. The molecule has 0 spiro atoms. The van der Waals surface area contributed by atoms with E-state index in [1.807, 2.05) is 0 Å². The smallest absolute Gasteiger partial charge is 0.252 e. The molecule has 6 heteroatoms. The van der Waals surface area contributed by atoms with E-state index >= 15 is 0 Å². The highest BCUT2D eigenvalue weighted by molar-refractivity contribution is 5.36. The van der Waals surface area contributed by atoms with E-state index in [1.54, 1.807) is 6.07 Å². The SMILES string of the molecule is NCCCCN1CCCN(c2cc(=O)[nH]cn2)CC1. The summed E-state index contributed by atoms with van der Waals surface area (Å²) in [5, 5.41) is 0. The molecule has 0 unspecified atom stereocenters. The van der Waals surface area contributed by atoms with Gasteiger partial charge in [0.1, 0.15) is 5.82 Å². The molecule has 19 heavy (non-hydrogen) atoms. The van der Waals surface area contributed by atoms with Crippen molar-refractivity contribution in [3.05, 3.63) is 22.7 Å². The number of aromatic nitrogens is 2. The number of anilines is 1. The summed E-state index contributed by atoms with van der Waals surface area (Å²) < 4.78 is 0. The third kappa shape index (κ3) is 4.33. The standard InChI is InChI=1S/C13H23N5O/c14-4-1-2-5-17-6-3-7-18(9-8-17)12-10-13(19)16-11-15-12/h10-11H,1-9,14H2,(H,15,16,19). The molecule has 2 rings (SSSR count). The summed E-state index contributed by atoms with van der Waals surface area (Å²) in [6.07, 6.45) is 4.84. The predicted octanol–water partition coefficient (Wildman–Crippen LogP) is 0.0209. The maximum Gasteiger partial charge on any atom is 0.252 e. The molecule has 1 aromatic rings. The van der Waals surface area contributed by atoms with Crippen LogP contribution in [0.1, 0.15) is 19.3 Å². The largest absolute Gasteiger partial charge is 0.355 e. The zero-order valence-electron chi connectivity index (χ0n) is 11.3. The summed E-state index contributed by atoms with van der Waals surface area (Å²) in [4.78, 5) is 22.8. The van der Waals surface area contributed by atoms with E-state index in [1.165, 1.54) is 12.7 Å². The molecule has 1 aliphatic rings. The maximum absolute atomic E-state index is 11.3. The molecule has 1 saturated heterocycles. The van der Waals surface area contributed by atoms with Gasteiger partial charge in [0.2, 0.25) is 0 Å². The van der Waals surface area contributed by atoms with Gasteiger partial charge in [-0.25, -0.2) is 4.98 Å². The fourth-order valence-electron chi connectivity index (χ4n) is 2.43. The van der Waals surface area contributed by atoms with Crippen LogP contribution in [0.2, 0.25) is 0 Å². The van der Waals surface area contributed by atoms with Crippen molar-refractivity contribution < 1.29 is 0 Å². The summed E-state index contributed by atoms with van der Waals surface area (Å²) in [7, 11) is 0. The van der Waals surface area contributed by atoms with Crippen molar-refractivity contribution in [2.75, 3.05) is 44.2 Å². The second kappa shape index (κ2) is 7.25. The van der Waals surface area contributed by atoms with Crippen molar-refractivity contribution in [1.29, 1.82) is 0 Å². The molecule has 1 aliphatic heterocycles. The minimum absolute atomic E-state index is 0.0888. The van der Waals surface area contributed by atoms with Crippen molar-refractivity contribution in [1.82, 2.24) is 14.9 Å². The molecular formula is C13H23N5O. The molecule has 0 atom stereocenters. The van der Waals surface area contributed by atoms with Crippen molar-refractivity contribution in [2.45, 2.75) is 19.3 Å². The second-order valence-electron chi connectivity index (χ2n) is 4.95. The Hall–Kier alpha value is -1.40. The predicted molar refractivity (Wildman–Crippen MR) is 76.4 cm³/mol. The Morgan fingerprint density at radius 2 is 2.16 bits per heavy atom. The second-order valence-corrected chi connectivity index (χ2v) is 4.95. The van der Waals surface area contributed by atoms with E-state index in [0.29, 0.717) is 0 Å². The van der Waals surface area contributed by atoms with Gasteiger partial charge in [0, 0.05) is 25.7 Å². The lowest BCUT2D eigenvalue weighted by atomic mass is 10.3. The van der Waals surface area contributed by atoms with Crippen molar-refractivity contribution in [3.63, 3.8) is 0 Å². The van der Waals surface area contributed by atoms with E-state index in [0.717, 1.165) is 57.9 Å². The highest BCUT2D eigenvalue weighted by Crippen LogP contribution is 2.11. The van der Waals surface area contributed by atoms with Gasteiger partial charge in [-0.15, -0.1) is 0 Å². The van der Waals surface area contributed by atoms with Crippen molar-refractivity contribution in [3.8, 4) is 0 Å². The molecular weight excluding hydrogens is 242 g/mol. The van der Waals surface area contributed by atoms with Crippen LogP contribution in [-0.4, -0.2) is 54.1 Å². The molecule has 106 valence electrons. The van der Waals surface area contributed by atoms with Gasteiger partial charge in [-0.3, -0.25) is 4.79 Å². The van der Waals surface area contributed by atoms with Crippen LogP contribution in [0, 0.1) is 0 Å². The number of nitrogens with one attached hydrogen (secondary N) is 1. The number of nitrogens with two attached hydrogens (primary N) is 1. The number of H-pyrrole nitrogens is 1. The monoisotopic (exact) mass is 265 g/mol. The fourth-order valence-corrected chi connectivity index (χ4v) is 2.43. The number of hydrogen-bond donors (Lipinski definition) is 2. The Labute approximate surface area is 113 Å². The summed E-state index contributed by atoms with van der Waals surface area (Å²) in [6.45, 7) is 5.93. The van der Waals surface area contributed by atoms with Crippen LogP contribution in [0.25, 0.3) is 0 Å². The van der Waals surface area contributed by atoms with E-state index in [4.69, 9.17) is 5.73 Å². The lowest BCUT2D eigenvalue weighted by Gasteiger charge is -2.22. The quantitative estimate of drug-likeness (QED) is 0.734. The normalized spacial score (nSPS) is 17.4. The molecule has 6 nitrogen and oxygen atoms in total. The summed E-state index contributed by atoms with van der Waals surface area (Å²) in [6, 6.07) is 1.57. The molecule has 1 fully saturated rings. The number of rotatable bonds is 5. The van der Waals surface area contributed by atoms with Crippen LogP contribution in [-0.2, 0) is 0 Å². The maximum atomic E-state index is 11.3. The topological polar surface area (TPSA) is 78.2 Å². The van der Waals surface area contributed by atoms with Crippen LogP contribution in [0.15, 0.2) is 17.2 Å². The van der Waals surface area contributed by atoms with Crippen molar-refractivity contribution >= 4 is 5.82 Å². The van der Waals surface area contributed by atoms with Crippen LogP contribution >= 0.6 is 0 Å². The molecule has 3 N–H and O–H groups in total. The Morgan fingerprint density at radius 3 is 2.95 bits per heavy atom. The molecule has 0 radical (unpaired) electrons. The van der Waals surface area contributed by atoms with Gasteiger partial charge in [0.05, 0.1) is 6.33 Å². The van der Waals surface area contributed by atoms with Gasteiger partial charge in [0.25, 0.3) is 5.56 Å². The zero-order valence-corrected chi connectivity index (χ0v) is 11.3. The van der Waals surface area contributed by atoms with Crippen LogP contribution in [0.4, 0.5) is 5.82 Å². The van der Waals surface area contributed by atoms with Gasteiger partial charge in [-0.2, -0.15) is 0 Å².